The van der Waals surface area contributed by atoms with E-state index in [0.29, 0.717) is 5.56 Å². The van der Waals surface area contributed by atoms with Gasteiger partial charge in [0.05, 0.1) is 16.4 Å². The van der Waals surface area contributed by atoms with Crippen LogP contribution in [0.5, 0.6) is 0 Å². The number of hydrogen-bond donors (Lipinski definition) is 0. The number of carbonyl (C=O) groups is 1. The predicted octanol–water partition coefficient (Wildman–Crippen LogP) is 4.02. The van der Waals surface area contributed by atoms with E-state index in [2.05, 4.69) is 52.5 Å². The molecule has 0 amide bonds. The number of methoxy groups -OCH3 is 1. The summed E-state index contributed by atoms with van der Waals surface area (Å²) in [5.74, 6) is -0.334. The molecule has 1 aromatic rings. The van der Waals surface area contributed by atoms with Gasteiger partial charge in [-0.2, -0.15) is 0 Å². The smallest absolute Gasteiger partial charge is 0.337 e. The molecule has 0 aliphatic carbocycles. The lowest BCUT2D eigenvalue weighted by atomic mass is 10.1. The summed E-state index contributed by atoms with van der Waals surface area (Å²) in [6.07, 6.45) is 0. The Kier molecular flexibility index (Phi) is 4.60. The molecule has 0 fully saturated rings. The molecule has 1 rings (SSSR count). The van der Waals surface area contributed by atoms with Crippen molar-refractivity contribution >= 4 is 53.8 Å². The summed E-state index contributed by atoms with van der Waals surface area (Å²) in [5.41, 5.74) is 1.49. The van der Waals surface area contributed by atoms with Crippen molar-refractivity contribution in [2.75, 3.05) is 7.11 Å². The van der Waals surface area contributed by atoms with Gasteiger partial charge in [0.1, 0.15) is 0 Å². The molecule has 0 atom stereocenters. The van der Waals surface area contributed by atoms with Crippen LogP contribution in [0.1, 0.15) is 19.7 Å². The van der Waals surface area contributed by atoms with Gasteiger partial charge in [-0.1, -0.05) is 47.8 Å². The molecule has 76 valence electrons. The van der Waals surface area contributed by atoms with Crippen molar-refractivity contribution in [1.29, 1.82) is 0 Å². The van der Waals surface area contributed by atoms with Gasteiger partial charge in [0.15, 0.2) is 0 Å². The van der Waals surface area contributed by atoms with Crippen LogP contribution in [-0.2, 0) is 4.74 Å². The molecule has 5 heteroatoms. The van der Waals surface area contributed by atoms with E-state index in [-0.39, 0.29) is 9.71 Å². The fraction of sp³-hybridized carbons (Fsp3) is 0.222. The van der Waals surface area contributed by atoms with Crippen molar-refractivity contribution < 1.29 is 9.53 Å². The summed E-state index contributed by atoms with van der Waals surface area (Å²) in [4.78, 5) is 11.2. The highest BCUT2D eigenvalue weighted by molar-refractivity contribution is 9.24. The Morgan fingerprint density at radius 3 is 2.57 bits per heavy atom. The van der Waals surface area contributed by atoms with E-state index in [1.54, 1.807) is 12.1 Å². The van der Waals surface area contributed by atoms with Crippen molar-refractivity contribution in [3.63, 3.8) is 0 Å². The first-order valence-electron chi connectivity index (χ1n) is 3.72. The van der Waals surface area contributed by atoms with E-state index in [0.717, 1.165) is 10.0 Å². The van der Waals surface area contributed by atoms with Crippen LogP contribution in [0.25, 0.3) is 0 Å². The summed E-state index contributed by atoms with van der Waals surface area (Å²) < 4.78 is 5.57. The SMILES string of the molecule is COC(=O)c1ccc(Br)c(C(Br)Br)c1. The zero-order chi connectivity index (χ0) is 10.7. The Hall–Kier alpha value is 0.130. The summed E-state index contributed by atoms with van der Waals surface area (Å²) in [6, 6.07) is 5.29. The van der Waals surface area contributed by atoms with Gasteiger partial charge < -0.3 is 4.74 Å². The van der Waals surface area contributed by atoms with Crippen molar-refractivity contribution in [3.8, 4) is 0 Å². The van der Waals surface area contributed by atoms with Crippen LogP contribution in [0.15, 0.2) is 22.7 Å². The second kappa shape index (κ2) is 5.28. The maximum atomic E-state index is 11.2. The molecule has 0 aliphatic heterocycles. The van der Waals surface area contributed by atoms with Crippen molar-refractivity contribution in [1.82, 2.24) is 0 Å². The maximum Gasteiger partial charge on any atom is 0.337 e. The zero-order valence-electron chi connectivity index (χ0n) is 7.26. The molecule has 1 aromatic carbocycles. The highest BCUT2D eigenvalue weighted by atomic mass is 79.9. The second-order valence-electron chi connectivity index (χ2n) is 2.53. The van der Waals surface area contributed by atoms with Gasteiger partial charge in [0.2, 0.25) is 0 Å². The van der Waals surface area contributed by atoms with Crippen LogP contribution in [0.2, 0.25) is 0 Å². The number of halogens is 3. The monoisotopic (exact) mass is 384 g/mol. The van der Waals surface area contributed by atoms with E-state index in [9.17, 15) is 4.79 Å². The topological polar surface area (TPSA) is 26.3 Å². The first-order chi connectivity index (χ1) is 6.56. The van der Waals surface area contributed by atoms with E-state index in [1.807, 2.05) is 6.07 Å². The number of carbonyl (C=O) groups excluding carboxylic acids is 1. The summed E-state index contributed by atoms with van der Waals surface area (Å²) in [7, 11) is 1.36. The summed E-state index contributed by atoms with van der Waals surface area (Å²) in [5, 5.41) is 0. The lowest BCUT2D eigenvalue weighted by molar-refractivity contribution is 0.0600. The summed E-state index contributed by atoms with van der Waals surface area (Å²) >= 11 is 10.1. The summed E-state index contributed by atoms with van der Waals surface area (Å²) in [6.45, 7) is 0. The molecule has 0 radical (unpaired) electrons. The molecule has 0 N–H and O–H groups in total. The molecule has 0 spiro atoms. The lowest BCUT2D eigenvalue weighted by Crippen LogP contribution is -2.01. The number of esters is 1. The largest absolute Gasteiger partial charge is 0.465 e. The normalized spacial score (nSPS) is 10.4. The van der Waals surface area contributed by atoms with Crippen molar-refractivity contribution in [3.05, 3.63) is 33.8 Å². The van der Waals surface area contributed by atoms with Gasteiger partial charge in [-0.15, -0.1) is 0 Å². The fourth-order valence-corrected chi connectivity index (χ4v) is 2.80. The molecule has 0 unspecified atom stereocenters. The molecule has 0 aliphatic rings. The minimum absolute atomic E-state index is 0.00832. The minimum atomic E-state index is -0.334. The van der Waals surface area contributed by atoms with Crippen LogP contribution in [0.4, 0.5) is 0 Å². The number of benzene rings is 1. The third-order valence-electron chi connectivity index (χ3n) is 1.65. The molecule has 2 nitrogen and oxygen atoms in total. The van der Waals surface area contributed by atoms with Gasteiger partial charge in [0.25, 0.3) is 0 Å². The third kappa shape index (κ3) is 2.81. The van der Waals surface area contributed by atoms with Gasteiger partial charge in [0, 0.05) is 4.47 Å². The quantitative estimate of drug-likeness (QED) is 0.566. The Morgan fingerprint density at radius 2 is 2.07 bits per heavy atom. The second-order valence-corrected chi connectivity index (χ2v) is 6.44. The molecule has 0 saturated heterocycles. The van der Waals surface area contributed by atoms with Crippen molar-refractivity contribution in [2.24, 2.45) is 0 Å². The van der Waals surface area contributed by atoms with Gasteiger partial charge in [-0.05, 0) is 23.8 Å². The molecule has 0 saturated carbocycles. The number of rotatable bonds is 2. The van der Waals surface area contributed by atoms with Gasteiger partial charge >= 0.3 is 5.97 Å². The standard InChI is InChI=1S/C9H7Br3O2/c1-14-9(13)5-2-3-7(10)6(4-5)8(11)12/h2-4,8H,1H3. The minimum Gasteiger partial charge on any atom is -0.465 e. The van der Waals surface area contributed by atoms with Crippen LogP contribution in [0, 0.1) is 0 Å². The molecule has 0 heterocycles. The van der Waals surface area contributed by atoms with Crippen LogP contribution in [-0.4, -0.2) is 13.1 Å². The average molecular weight is 387 g/mol. The molecule has 14 heavy (non-hydrogen) atoms. The van der Waals surface area contributed by atoms with Crippen LogP contribution >= 0.6 is 47.8 Å². The number of ether oxygens (including phenoxy) is 1. The Labute approximate surface area is 107 Å². The Morgan fingerprint density at radius 1 is 1.43 bits per heavy atom. The lowest BCUT2D eigenvalue weighted by Gasteiger charge is -2.07. The first-order valence-corrected chi connectivity index (χ1v) is 6.34. The van der Waals surface area contributed by atoms with Gasteiger partial charge in [-0.3, -0.25) is 0 Å². The molecule has 0 aromatic heterocycles. The predicted molar refractivity (Wildman–Crippen MR) is 66.1 cm³/mol. The van der Waals surface area contributed by atoms with E-state index < -0.39 is 0 Å². The highest BCUT2D eigenvalue weighted by Crippen LogP contribution is 2.35. The van der Waals surface area contributed by atoms with Crippen LogP contribution in [0.3, 0.4) is 0 Å². The molecule has 0 bridgehead atoms. The van der Waals surface area contributed by atoms with Crippen molar-refractivity contribution in [2.45, 2.75) is 3.74 Å². The fourth-order valence-electron chi connectivity index (χ4n) is 0.956. The van der Waals surface area contributed by atoms with Gasteiger partial charge in [-0.25, -0.2) is 4.79 Å². The highest BCUT2D eigenvalue weighted by Gasteiger charge is 2.12. The van der Waals surface area contributed by atoms with E-state index >= 15 is 0 Å². The number of hydrogen-bond acceptors (Lipinski definition) is 2. The Balaban J connectivity index is 3.13. The molecular weight excluding hydrogens is 380 g/mol. The van der Waals surface area contributed by atoms with E-state index in [4.69, 9.17) is 0 Å². The third-order valence-corrected chi connectivity index (χ3v) is 3.36. The van der Waals surface area contributed by atoms with Crippen LogP contribution < -0.4 is 0 Å². The average Bonchev–Trinajstić information content (AvgIpc) is 2.17. The Bertz CT molecular complexity index is 350. The molecular formula is C9H7Br3O2. The van der Waals surface area contributed by atoms with E-state index in [1.165, 1.54) is 7.11 Å². The maximum absolute atomic E-state index is 11.2. The zero-order valence-corrected chi connectivity index (χ0v) is 12.0. The first kappa shape index (κ1) is 12.2. The number of alkyl halides is 2.